The first-order chi connectivity index (χ1) is 11.7. The number of hydrogen-bond donors (Lipinski definition) is 1. The molecule has 3 rings (SSSR count). The zero-order valence-corrected chi connectivity index (χ0v) is 14.7. The number of thioether (sulfide) groups is 1. The molecule has 24 heavy (non-hydrogen) atoms. The molecule has 5 heteroatoms. The van der Waals surface area contributed by atoms with E-state index in [2.05, 4.69) is 11.4 Å². The monoisotopic (exact) mass is 340 g/mol. The maximum absolute atomic E-state index is 12.6. The van der Waals surface area contributed by atoms with E-state index in [9.17, 15) is 10.1 Å². The average molecular weight is 340 g/mol. The van der Waals surface area contributed by atoms with Crippen LogP contribution in [-0.2, 0) is 4.79 Å². The fourth-order valence-electron chi connectivity index (χ4n) is 3.34. The number of benzene rings is 1. The van der Waals surface area contributed by atoms with Crippen LogP contribution in [0.4, 0.5) is 0 Å². The highest BCUT2D eigenvalue weighted by Crippen LogP contribution is 2.43. The van der Waals surface area contributed by atoms with Gasteiger partial charge in [0.25, 0.3) is 0 Å². The van der Waals surface area contributed by atoms with Gasteiger partial charge in [-0.2, -0.15) is 5.26 Å². The van der Waals surface area contributed by atoms with E-state index in [-0.39, 0.29) is 11.7 Å². The van der Waals surface area contributed by atoms with Gasteiger partial charge in [0.2, 0.25) is 0 Å². The van der Waals surface area contributed by atoms with E-state index in [1.54, 1.807) is 0 Å². The van der Waals surface area contributed by atoms with Gasteiger partial charge >= 0.3 is 0 Å². The highest BCUT2D eigenvalue weighted by molar-refractivity contribution is 8.02. The second kappa shape index (κ2) is 7.14. The topological polar surface area (TPSA) is 62.1 Å². The molecule has 0 aromatic heterocycles. The largest absolute Gasteiger partial charge is 0.494 e. The lowest BCUT2D eigenvalue weighted by atomic mass is 9.77. The summed E-state index contributed by atoms with van der Waals surface area (Å²) in [6.45, 7) is 2.56. The summed E-state index contributed by atoms with van der Waals surface area (Å²) in [6.07, 6.45) is 4.23. The molecular weight excluding hydrogens is 320 g/mol. The molecule has 0 bridgehead atoms. The first-order valence-corrected chi connectivity index (χ1v) is 9.36. The Kier molecular flexibility index (Phi) is 4.96. The predicted octanol–water partition coefficient (Wildman–Crippen LogP) is 3.88. The highest BCUT2D eigenvalue weighted by atomic mass is 32.2. The van der Waals surface area contributed by atoms with Crippen molar-refractivity contribution in [2.45, 2.75) is 32.1 Å². The Bertz CT molecular complexity index is 757. The summed E-state index contributed by atoms with van der Waals surface area (Å²) in [5.41, 5.74) is 3.33. The van der Waals surface area contributed by atoms with Gasteiger partial charge in [-0.3, -0.25) is 4.79 Å². The molecule has 1 aliphatic carbocycles. The fraction of sp³-hybridized carbons (Fsp3) is 0.368. The average Bonchev–Trinajstić information content (AvgIpc) is 2.61. The van der Waals surface area contributed by atoms with Crippen molar-refractivity contribution in [2.24, 2.45) is 0 Å². The third-order valence-electron chi connectivity index (χ3n) is 4.39. The number of Topliss-reactive ketones (excluding diaryl/α,β-unsaturated/α-hetero) is 1. The van der Waals surface area contributed by atoms with Crippen LogP contribution in [0.1, 0.15) is 37.7 Å². The molecule has 1 aromatic carbocycles. The summed E-state index contributed by atoms with van der Waals surface area (Å²) >= 11 is 1.52. The quantitative estimate of drug-likeness (QED) is 0.901. The van der Waals surface area contributed by atoms with Gasteiger partial charge in [0.05, 0.1) is 29.2 Å². The summed E-state index contributed by atoms with van der Waals surface area (Å²) in [6, 6.07) is 10.1. The number of hydrogen-bond acceptors (Lipinski definition) is 5. The van der Waals surface area contributed by atoms with Crippen LogP contribution >= 0.6 is 11.8 Å². The zero-order valence-electron chi connectivity index (χ0n) is 13.9. The minimum atomic E-state index is -0.280. The molecule has 0 unspecified atom stereocenters. The number of allylic oxidation sites excluding steroid dienone is 3. The van der Waals surface area contributed by atoms with Crippen LogP contribution < -0.4 is 10.1 Å². The van der Waals surface area contributed by atoms with E-state index in [1.165, 1.54) is 11.8 Å². The molecule has 0 spiro atoms. The molecule has 0 saturated carbocycles. The number of ether oxygens (including phenoxy) is 1. The minimum Gasteiger partial charge on any atom is -0.494 e. The third kappa shape index (κ3) is 2.94. The van der Waals surface area contributed by atoms with Crippen LogP contribution in [0.25, 0.3) is 0 Å². The Morgan fingerprint density at radius 1 is 1.33 bits per heavy atom. The van der Waals surface area contributed by atoms with Crippen molar-refractivity contribution >= 4 is 17.5 Å². The summed E-state index contributed by atoms with van der Waals surface area (Å²) in [5.74, 6) is 0.666. The fourth-order valence-corrected chi connectivity index (χ4v) is 3.95. The van der Waals surface area contributed by atoms with E-state index in [1.807, 2.05) is 37.4 Å². The molecular formula is C19H20N2O2S. The first kappa shape index (κ1) is 16.7. The van der Waals surface area contributed by atoms with Crippen molar-refractivity contribution < 1.29 is 9.53 Å². The van der Waals surface area contributed by atoms with Gasteiger partial charge in [0, 0.05) is 17.7 Å². The van der Waals surface area contributed by atoms with Gasteiger partial charge in [0.1, 0.15) is 5.75 Å². The molecule has 124 valence electrons. The SMILES string of the molecule is CCOc1ccc([C@@H]2C(C#N)=C(SC)NC3=C2C(=O)CCC3)cc1. The maximum Gasteiger partial charge on any atom is 0.161 e. The minimum absolute atomic E-state index is 0.149. The summed E-state index contributed by atoms with van der Waals surface area (Å²) in [7, 11) is 0. The lowest BCUT2D eigenvalue weighted by Crippen LogP contribution is -2.31. The van der Waals surface area contributed by atoms with Crippen LogP contribution in [0.2, 0.25) is 0 Å². The summed E-state index contributed by atoms with van der Waals surface area (Å²) in [5, 5.41) is 13.9. The van der Waals surface area contributed by atoms with Crippen LogP contribution in [0.5, 0.6) is 5.75 Å². The van der Waals surface area contributed by atoms with Gasteiger partial charge in [0.15, 0.2) is 5.78 Å². The van der Waals surface area contributed by atoms with Crippen molar-refractivity contribution in [3.8, 4) is 11.8 Å². The van der Waals surface area contributed by atoms with E-state index >= 15 is 0 Å². The standard InChI is InChI=1S/C19H20N2O2S/c1-3-23-13-9-7-12(8-10-13)17-14(11-20)19(24-2)21-15-5-4-6-16(22)18(15)17/h7-10,17,21H,3-6H2,1-2H3/t17-/m1/s1. The van der Waals surface area contributed by atoms with Crippen molar-refractivity contribution in [1.82, 2.24) is 5.32 Å². The molecule has 4 nitrogen and oxygen atoms in total. The Morgan fingerprint density at radius 3 is 2.71 bits per heavy atom. The van der Waals surface area contributed by atoms with Crippen molar-refractivity contribution in [3.05, 3.63) is 51.7 Å². The number of rotatable bonds is 4. The molecule has 1 aromatic rings. The number of nitrogens with one attached hydrogen (secondary N) is 1. The Hall–Kier alpha value is -2.19. The summed E-state index contributed by atoms with van der Waals surface area (Å²) in [4.78, 5) is 12.6. The van der Waals surface area contributed by atoms with E-state index in [0.717, 1.165) is 40.5 Å². The lowest BCUT2D eigenvalue weighted by molar-refractivity contribution is -0.116. The Balaban J connectivity index is 2.09. The zero-order chi connectivity index (χ0) is 17.1. The number of carbonyl (C=O) groups excluding carboxylic acids is 1. The van der Waals surface area contributed by atoms with Gasteiger partial charge in [-0.1, -0.05) is 12.1 Å². The van der Waals surface area contributed by atoms with Gasteiger partial charge in [-0.25, -0.2) is 0 Å². The van der Waals surface area contributed by atoms with Crippen LogP contribution in [0.3, 0.4) is 0 Å². The molecule has 1 atom stereocenters. The van der Waals surface area contributed by atoms with Crippen molar-refractivity contribution in [1.29, 1.82) is 5.26 Å². The second-order valence-electron chi connectivity index (χ2n) is 5.79. The lowest BCUT2D eigenvalue weighted by Gasteiger charge is -2.33. The number of dihydropyridines is 1. The second-order valence-corrected chi connectivity index (χ2v) is 6.60. The number of ketones is 1. The molecule has 0 radical (unpaired) electrons. The van der Waals surface area contributed by atoms with Gasteiger partial charge < -0.3 is 10.1 Å². The molecule has 0 amide bonds. The molecule has 1 aliphatic heterocycles. The molecule has 0 saturated heterocycles. The van der Waals surface area contributed by atoms with E-state index in [4.69, 9.17) is 4.74 Å². The number of nitrogens with zero attached hydrogens (tertiary/aromatic N) is 1. The van der Waals surface area contributed by atoms with Crippen molar-refractivity contribution in [2.75, 3.05) is 12.9 Å². The van der Waals surface area contributed by atoms with Gasteiger partial charge in [-0.15, -0.1) is 11.8 Å². The van der Waals surface area contributed by atoms with Crippen LogP contribution in [0, 0.1) is 11.3 Å². The van der Waals surface area contributed by atoms with E-state index < -0.39 is 0 Å². The smallest absolute Gasteiger partial charge is 0.161 e. The molecule has 1 N–H and O–H groups in total. The predicted molar refractivity (Wildman–Crippen MR) is 95.5 cm³/mol. The Morgan fingerprint density at radius 2 is 2.08 bits per heavy atom. The molecule has 2 aliphatic rings. The van der Waals surface area contributed by atoms with Crippen LogP contribution in [-0.4, -0.2) is 18.6 Å². The Labute approximate surface area is 146 Å². The van der Waals surface area contributed by atoms with Crippen LogP contribution in [0.15, 0.2) is 46.1 Å². The van der Waals surface area contributed by atoms with Crippen molar-refractivity contribution in [3.63, 3.8) is 0 Å². The molecule has 1 heterocycles. The number of nitriles is 1. The molecule has 0 fully saturated rings. The summed E-state index contributed by atoms with van der Waals surface area (Å²) < 4.78 is 5.50. The third-order valence-corrected chi connectivity index (χ3v) is 5.12. The normalized spacial score (nSPS) is 20.4. The van der Waals surface area contributed by atoms with Gasteiger partial charge in [-0.05, 0) is 43.7 Å². The first-order valence-electron chi connectivity index (χ1n) is 8.13. The highest BCUT2D eigenvalue weighted by Gasteiger charge is 2.36. The number of carbonyl (C=O) groups is 1. The van der Waals surface area contributed by atoms with E-state index in [0.29, 0.717) is 18.6 Å². The maximum atomic E-state index is 12.6.